The molecule has 8 nitrogen and oxygen atoms in total. The molecule has 1 aliphatic rings. The van der Waals surface area contributed by atoms with Crippen molar-refractivity contribution in [1.82, 2.24) is 15.5 Å². The maximum absolute atomic E-state index is 12.2. The molecule has 2 rings (SSSR count). The molecule has 1 aromatic rings. The highest BCUT2D eigenvalue weighted by molar-refractivity contribution is 5.82. The molecule has 2 atom stereocenters. The molecule has 24 heavy (non-hydrogen) atoms. The summed E-state index contributed by atoms with van der Waals surface area (Å²) in [5.41, 5.74) is -1.75. The maximum Gasteiger partial charge on any atom is 0.408 e. The van der Waals surface area contributed by atoms with E-state index in [1.807, 2.05) is 0 Å². The summed E-state index contributed by atoms with van der Waals surface area (Å²) < 4.78 is 10.3. The number of hydrogen-bond donors (Lipinski definition) is 2. The van der Waals surface area contributed by atoms with Gasteiger partial charge in [-0.15, -0.1) is 6.58 Å². The van der Waals surface area contributed by atoms with Gasteiger partial charge in [0, 0.05) is 0 Å². The van der Waals surface area contributed by atoms with E-state index in [2.05, 4.69) is 22.0 Å². The zero-order valence-electron chi connectivity index (χ0n) is 13.6. The highest BCUT2D eigenvalue weighted by Crippen LogP contribution is 2.34. The molecular formula is C16H19N3O5. The summed E-state index contributed by atoms with van der Waals surface area (Å²) in [4.78, 5) is 27.0. The van der Waals surface area contributed by atoms with Gasteiger partial charge >= 0.3 is 12.1 Å². The lowest BCUT2D eigenvalue weighted by atomic mass is 9.80. The van der Waals surface area contributed by atoms with Crippen LogP contribution >= 0.6 is 0 Å². The number of amides is 1. The Balaban J connectivity index is 2.32. The van der Waals surface area contributed by atoms with Crippen molar-refractivity contribution in [1.29, 1.82) is 0 Å². The Morgan fingerprint density at radius 3 is 2.71 bits per heavy atom. The molecule has 0 saturated carbocycles. The van der Waals surface area contributed by atoms with Crippen molar-refractivity contribution in [3.63, 3.8) is 0 Å². The van der Waals surface area contributed by atoms with Gasteiger partial charge in [-0.05, 0) is 25.9 Å². The summed E-state index contributed by atoms with van der Waals surface area (Å²) in [5.74, 6) is -2.33. The minimum atomic E-state index is -1.30. The summed E-state index contributed by atoms with van der Waals surface area (Å²) in [7, 11) is 0. The maximum atomic E-state index is 12.2. The smallest absolute Gasteiger partial charge is 0.408 e. The predicted octanol–water partition coefficient (Wildman–Crippen LogP) is 2.43. The zero-order valence-corrected chi connectivity index (χ0v) is 13.6. The predicted molar refractivity (Wildman–Crippen MR) is 84.6 cm³/mol. The Bertz CT molecular complexity index is 714. The zero-order chi connectivity index (χ0) is 18.0. The first-order chi connectivity index (χ1) is 11.2. The molecule has 1 heterocycles. The summed E-state index contributed by atoms with van der Waals surface area (Å²) in [6.07, 6.45) is 7.71. The van der Waals surface area contributed by atoms with Crippen molar-refractivity contribution in [3.8, 4) is 0 Å². The Kier molecular flexibility index (Phi) is 4.59. The van der Waals surface area contributed by atoms with Gasteiger partial charge in [0.2, 0.25) is 5.89 Å². The number of carbonyl (C=O) groups excluding carboxylic acids is 1. The summed E-state index contributed by atoms with van der Waals surface area (Å²) in [5, 5.41) is 15.1. The van der Waals surface area contributed by atoms with Gasteiger partial charge in [-0.3, -0.25) is 0 Å². The molecule has 1 unspecified atom stereocenters. The molecule has 0 fully saturated rings. The number of rotatable bonds is 4. The summed E-state index contributed by atoms with van der Waals surface area (Å²) >= 11 is 0. The number of aromatic nitrogens is 2. The van der Waals surface area contributed by atoms with Gasteiger partial charge in [0.1, 0.15) is 5.60 Å². The minimum Gasteiger partial charge on any atom is -0.475 e. The van der Waals surface area contributed by atoms with E-state index in [0.717, 1.165) is 0 Å². The fourth-order valence-electron chi connectivity index (χ4n) is 2.23. The summed E-state index contributed by atoms with van der Waals surface area (Å²) in [6.45, 7) is 9.01. The normalized spacial score (nSPS) is 22.9. The van der Waals surface area contributed by atoms with Crippen LogP contribution in [-0.2, 0) is 4.74 Å². The average Bonchev–Trinajstić information content (AvgIpc) is 2.95. The van der Waals surface area contributed by atoms with Gasteiger partial charge in [0.25, 0.3) is 5.82 Å². The van der Waals surface area contributed by atoms with Crippen molar-refractivity contribution in [2.45, 2.75) is 37.8 Å². The van der Waals surface area contributed by atoms with E-state index in [0.29, 0.717) is 0 Å². The Labute approximate surface area is 138 Å². The van der Waals surface area contributed by atoms with Crippen LogP contribution in [-0.4, -0.2) is 38.4 Å². The van der Waals surface area contributed by atoms with Crippen LogP contribution in [0.5, 0.6) is 0 Å². The monoisotopic (exact) mass is 333 g/mol. The molecule has 0 bridgehead atoms. The van der Waals surface area contributed by atoms with E-state index in [1.165, 1.54) is 6.08 Å². The third-order valence-corrected chi connectivity index (χ3v) is 3.26. The van der Waals surface area contributed by atoms with Crippen molar-refractivity contribution in [2.75, 3.05) is 0 Å². The number of carboxylic acids is 1. The highest BCUT2D eigenvalue weighted by atomic mass is 16.6. The quantitative estimate of drug-likeness (QED) is 0.813. The number of hydrogen-bond acceptors (Lipinski definition) is 6. The Morgan fingerprint density at radius 1 is 1.46 bits per heavy atom. The number of aromatic carboxylic acids is 1. The number of allylic oxidation sites excluding steroid dienone is 2. The van der Waals surface area contributed by atoms with Gasteiger partial charge in [0.15, 0.2) is 0 Å². The number of nitrogens with zero attached hydrogens (tertiary/aromatic N) is 2. The van der Waals surface area contributed by atoms with Crippen molar-refractivity contribution >= 4 is 12.1 Å². The van der Waals surface area contributed by atoms with Gasteiger partial charge < -0.3 is 19.7 Å². The van der Waals surface area contributed by atoms with Crippen LogP contribution in [0.3, 0.4) is 0 Å². The molecule has 8 heteroatoms. The van der Waals surface area contributed by atoms with E-state index in [1.54, 1.807) is 45.1 Å². The van der Waals surface area contributed by atoms with Crippen molar-refractivity contribution in [3.05, 3.63) is 48.7 Å². The average molecular weight is 333 g/mol. The molecular weight excluding hydrogens is 314 g/mol. The van der Waals surface area contributed by atoms with Gasteiger partial charge in [0.05, 0.1) is 11.5 Å². The Morgan fingerprint density at radius 2 is 2.17 bits per heavy atom. The molecule has 2 N–H and O–H groups in total. The number of carbonyl (C=O) groups is 2. The van der Waals surface area contributed by atoms with Crippen LogP contribution < -0.4 is 5.32 Å². The molecule has 0 radical (unpaired) electrons. The lowest BCUT2D eigenvalue weighted by molar-refractivity contribution is 0.0485. The number of nitrogens with one attached hydrogen (secondary N) is 1. The van der Waals surface area contributed by atoms with Crippen LogP contribution in [0.1, 0.15) is 43.2 Å². The fourth-order valence-corrected chi connectivity index (χ4v) is 2.23. The fraction of sp³-hybridized carbons (Fsp3) is 0.375. The molecule has 0 aliphatic heterocycles. The van der Waals surface area contributed by atoms with E-state index in [4.69, 9.17) is 14.4 Å². The van der Waals surface area contributed by atoms with E-state index >= 15 is 0 Å². The SMILES string of the molecule is C=C[C@@]1(NC(=O)OC(C)(C)C)C=CC=CC1c1nc(C(=O)O)no1. The van der Waals surface area contributed by atoms with E-state index in [9.17, 15) is 9.59 Å². The van der Waals surface area contributed by atoms with Crippen LogP contribution in [0.2, 0.25) is 0 Å². The van der Waals surface area contributed by atoms with Gasteiger partial charge in [-0.1, -0.05) is 30.4 Å². The van der Waals surface area contributed by atoms with Crippen molar-refractivity contribution < 1.29 is 24.0 Å². The molecule has 0 saturated heterocycles. The van der Waals surface area contributed by atoms with Crippen LogP contribution in [0.25, 0.3) is 0 Å². The second-order valence-electron chi connectivity index (χ2n) is 6.25. The summed E-state index contributed by atoms with van der Waals surface area (Å²) in [6, 6.07) is 0. The first-order valence-corrected chi connectivity index (χ1v) is 7.24. The highest BCUT2D eigenvalue weighted by Gasteiger charge is 2.41. The molecule has 1 amide bonds. The third-order valence-electron chi connectivity index (χ3n) is 3.26. The molecule has 0 aromatic carbocycles. The number of alkyl carbamates (subject to hydrolysis) is 1. The minimum absolute atomic E-state index is 0.0453. The third kappa shape index (κ3) is 3.70. The second-order valence-corrected chi connectivity index (χ2v) is 6.25. The topological polar surface area (TPSA) is 115 Å². The van der Waals surface area contributed by atoms with E-state index < -0.39 is 34.9 Å². The second kappa shape index (κ2) is 6.31. The molecule has 0 spiro atoms. The Hall–Kier alpha value is -2.90. The van der Waals surface area contributed by atoms with E-state index in [-0.39, 0.29) is 5.89 Å². The van der Waals surface area contributed by atoms with Crippen LogP contribution in [0, 0.1) is 0 Å². The number of ether oxygens (including phenoxy) is 1. The first-order valence-electron chi connectivity index (χ1n) is 7.24. The van der Waals surface area contributed by atoms with Crippen LogP contribution in [0.4, 0.5) is 4.79 Å². The lowest BCUT2D eigenvalue weighted by Gasteiger charge is -2.35. The lowest BCUT2D eigenvalue weighted by Crippen LogP contribution is -2.51. The van der Waals surface area contributed by atoms with Crippen molar-refractivity contribution in [2.24, 2.45) is 0 Å². The molecule has 128 valence electrons. The number of carboxylic acid groups (broad SMARTS) is 1. The van der Waals surface area contributed by atoms with Crippen LogP contribution in [0.15, 0.2) is 41.5 Å². The standard InChI is InChI=1S/C16H19N3O5/c1-5-16(18-14(22)23-15(2,3)4)9-7-6-8-10(16)12-17-11(13(20)21)19-24-12/h5-10H,1H2,2-4H3,(H,18,22)(H,20,21)/t10?,16-/m1/s1. The first kappa shape index (κ1) is 17.5. The molecule has 1 aromatic heterocycles. The largest absolute Gasteiger partial charge is 0.475 e. The van der Waals surface area contributed by atoms with Gasteiger partial charge in [-0.2, -0.15) is 4.98 Å². The van der Waals surface area contributed by atoms with Gasteiger partial charge in [-0.25, -0.2) is 9.59 Å². The molecule has 1 aliphatic carbocycles.